The molecular formula is C24H29ClN2O3. The monoisotopic (exact) mass is 428 g/mol. The Bertz CT molecular complexity index is 1040. The first-order valence-corrected chi connectivity index (χ1v) is 10.5. The number of carbonyl (C=O) groups is 1. The van der Waals surface area contributed by atoms with Crippen molar-refractivity contribution in [1.82, 2.24) is 9.88 Å². The molecular weight excluding hydrogens is 400 g/mol. The molecule has 6 heteroatoms. The highest BCUT2D eigenvalue weighted by Crippen LogP contribution is 2.37. The Hall–Kier alpha value is -2.63. The van der Waals surface area contributed by atoms with Crippen LogP contribution in [0.1, 0.15) is 42.3 Å². The molecule has 5 nitrogen and oxygen atoms in total. The van der Waals surface area contributed by atoms with Crippen molar-refractivity contribution in [2.75, 3.05) is 19.6 Å². The SMILES string of the molecule is CCN(CC)CC.Cc1ccc2c(C(=O)O)c(O)c(-c3cccc(Cl)c3)nc2c1C. The molecule has 1 aromatic heterocycles. The summed E-state index contributed by atoms with van der Waals surface area (Å²) in [5.41, 5.74) is 3.09. The van der Waals surface area contributed by atoms with Gasteiger partial charge in [0, 0.05) is 16.0 Å². The molecule has 0 saturated heterocycles. The average molecular weight is 429 g/mol. The molecule has 0 bridgehead atoms. The lowest BCUT2D eigenvalue weighted by Crippen LogP contribution is -2.21. The van der Waals surface area contributed by atoms with E-state index in [2.05, 4.69) is 30.7 Å². The number of aromatic nitrogens is 1. The summed E-state index contributed by atoms with van der Waals surface area (Å²) in [5.74, 6) is -1.54. The molecule has 0 unspecified atom stereocenters. The van der Waals surface area contributed by atoms with Crippen LogP contribution < -0.4 is 0 Å². The Morgan fingerprint density at radius 2 is 1.70 bits per heavy atom. The highest BCUT2D eigenvalue weighted by Gasteiger charge is 2.22. The van der Waals surface area contributed by atoms with Gasteiger partial charge in [-0.3, -0.25) is 0 Å². The normalized spacial score (nSPS) is 10.8. The summed E-state index contributed by atoms with van der Waals surface area (Å²) >= 11 is 6.00. The highest BCUT2D eigenvalue weighted by atomic mass is 35.5. The summed E-state index contributed by atoms with van der Waals surface area (Å²) in [5, 5.41) is 20.9. The predicted molar refractivity (Wildman–Crippen MR) is 124 cm³/mol. The van der Waals surface area contributed by atoms with E-state index < -0.39 is 5.97 Å². The fraction of sp³-hybridized carbons (Fsp3) is 0.333. The second kappa shape index (κ2) is 10.4. The van der Waals surface area contributed by atoms with E-state index in [1.165, 1.54) is 19.6 Å². The number of carboxylic acids is 1. The minimum atomic E-state index is -1.19. The third-order valence-corrected chi connectivity index (χ3v) is 5.54. The number of rotatable bonds is 5. The maximum absolute atomic E-state index is 11.7. The smallest absolute Gasteiger partial charge is 0.340 e. The number of aromatic carboxylic acids is 1. The van der Waals surface area contributed by atoms with Crippen LogP contribution in [0.2, 0.25) is 5.02 Å². The van der Waals surface area contributed by atoms with Crippen LogP contribution in [-0.4, -0.2) is 45.7 Å². The third kappa shape index (κ3) is 5.10. The number of fused-ring (bicyclic) bond motifs is 1. The summed E-state index contributed by atoms with van der Waals surface area (Å²) in [6.07, 6.45) is 0. The predicted octanol–water partition coefficient (Wildman–Crippen LogP) is 5.92. The largest absolute Gasteiger partial charge is 0.505 e. The molecule has 0 fully saturated rings. The number of carboxylic acid groups (broad SMARTS) is 1. The van der Waals surface area contributed by atoms with Crippen molar-refractivity contribution in [1.29, 1.82) is 0 Å². The maximum Gasteiger partial charge on any atom is 0.340 e. The highest BCUT2D eigenvalue weighted by molar-refractivity contribution is 6.30. The zero-order valence-electron chi connectivity index (χ0n) is 18.2. The minimum Gasteiger partial charge on any atom is -0.505 e. The summed E-state index contributed by atoms with van der Waals surface area (Å²) in [6.45, 7) is 13.9. The van der Waals surface area contributed by atoms with Gasteiger partial charge in [0.05, 0.1) is 5.52 Å². The Labute approximate surface area is 182 Å². The Balaban J connectivity index is 0.000000396. The molecule has 3 rings (SSSR count). The molecule has 0 spiro atoms. The molecule has 0 radical (unpaired) electrons. The first-order chi connectivity index (χ1) is 14.2. The number of halogens is 1. The van der Waals surface area contributed by atoms with Crippen molar-refractivity contribution in [3.8, 4) is 17.0 Å². The van der Waals surface area contributed by atoms with Crippen molar-refractivity contribution < 1.29 is 15.0 Å². The number of hydrogen-bond acceptors (Lipinski definition) is 4. The number of nitrogens with zero attached hydrogens (tertiary/aromatic N) is 2. The molecule has 0 aliphatic rings. The third-order valence-electron chi connectivity index (χ3n) is 5.31. The average Bonchev–Trinajstić information content (AvgIpc) is 2.72. The van der Waals surface area contributed by atoms with Crippen LogP contribution in [0, 0.1) is 13.8 Å². The molecule has 0 aliphatic carbocycles. The Morgan fingerprint density at radius 3 is 2.20 bits per heavy atom. The van der Waals surface area contributed by atoms with E-state index in [-0.39, 0.29) is 17.0 Å². The molecule has 2 aromatic carbocycles. The maximum atomic E-state index is 11.7. The van der Waals surface area contributed by atoms with E-state index in [1.807, 2.05) is 19.9 Å². The Morgan fingerprint density at radius 1 is 1.07 bits per heavy atom. The molecule has 30 heavy (non-hydrogen) atoms. The van der Waals surface area contributed by atoms with Crippen LogP contribution in [-0.2, 0) is 0 Å². The van der Waals surface area contributed by atoms with Crippen LogP contribution in [0.3, 0.4) is 0 Å². The fourth-order valence-electron chi connectivity index (χ4n) is 3.28. The molecule has 0 aliphatic heterocycles. The number of aromatic hydroxyl groups is 1. The van der Waals surface area contributed by atoms with Crippen LogP contribution in [0.4, 0.5) is 0 Å². The first-order valence-electron chi connectivity index (χ1n) is 10.1. The van der Waals surface area contributed by atoms with Gasteiger partial charge in [-0.25, -0.2) is 9.78 Å². The van der Waals surface area contributed by atoms with Crippen LogP contribution in [0.5, 0.6) is 5.75 Å². The van der Waals surface area contributed by atoms with E-state index in [0.29, 0.717) is 21.5 Å². The number of pyridine rings is 1. The van der Waals surface area contributed by atoms with Crippen LogP contribution >= 0.6 is 11.6 Å². The fourth-order valence-corrected chi connectivity index (χ4v) is 3.47. The molecule has 0 atom stereocenters. The van der Waals surface area contributed by atoms with Gasteiger partial charge in [0.15, 0.2) is 5.75 Å². The lowest BCUT2D eigenvalue weighted by molar-refractivity contribution is 0.0696. The summed E-state index contributed by atoms with van der Waals surface area (Å²) in [7, 11) is 0. The molecule has 0 saturated carbocycles. The lowest BCUT2D eigenvalue weighted by Gasteiger charge is -2.13. The van der Waals surface area contributed by atoms with E-state index in [4.69, 9.17) is 11.6 Å². The van der Waals surface area contributed by atoms with Gasteiger partial charge < -0.3 is 15.1 Å². The summed E-state index contributed by atoms with van der Waals surface area (Å²) in [4.78, 5) is 18.6. The standard InChI is InChI=1S/C18H14ClNO3.C6H15N/c1-9-6-7-13-14(18(22)23)17(21)16(20-15(13)10(9)2)11-4-3-5-12(19)8-11;1-4-7(5-2)6-3/h3-8,21H,1-2H3,(H,22,23);4-6H2,1-3H3. The van der Waals surface area contributed by atoms with Crippen molar-refractivity contribution in [2.24, 2.45) is 0 Å². The lowest BCUT2D eigenvalue weighted by atomic mass is 9.98. The number of aryl methyl sites for hydroxylation is 2. The van der Waals surface area contributed by atoms with Crippen molar-refractivity contribution in [3.05, 3.63) is 58.1 Å². The molecule has 3 aromatic rings. The van der Waals surface area contributed by atoms with Gasteiger partial charge in [-0.15, -0.1) is 0 Å². The van der Waals surface area contributed by atoms with Gasteiger partial charge in [-0.05, 0) is 56.7 Å². The van der Waals surface area contributed by atoms with E-state index in [1.54, 1.807) is 30.3 Å². The summed E-state index contributed by atoms with van der Waals surface area (Å²) in [6, 6.07) is 10.3. The number of benzene rings is 2. The van der Waals surface area contributed by atoms with Gasteiger partial charge in [-0.1, -0.05) is 56.6 Å². The second-order valence-corrected chi connectivity index (χ2v) is 7.46. The van der Waals surface area contributed by atoms with Crippen LogP contribution in [0.15, 0.2) is 36.4 Å². The first kappa shape index (κ1) is 23.6. The molecule has 2 N–H and O–H groups in total. The number of hydrogen-bond donors (Lipinski definition) is 2. The molecule has 160 valence electrons. The van der Waals surface area contributed by atoms with E-state index in [0.717, 1.165) is 11.1 Å². The van der Waals surface area contributed by atoms with Gasteiger partial charge in [-0.2, -0.15) is 0 Å². The zero-order chi connectivity index (χ0) is 22.4. The topological polar surface area (TPSA) is 73.7 Å². The van der Waals surface area contributed by atoms with Crippen molar-refractivity contribution in [3.63, 3.8) is 0 Å². The van der Waals surface area contributed by atoms with E-state index in [9.17, 15) is 15.0 Å². The minimum absolute atomic E-state index is 0.145. The van der Waals surface area contributed by atoms with Gasteiger partial charge in [0.2, 0.25) is 0 Å². The van der Waals surface area contributed by atoms with Gasteiger partial charge in [0.25, 0.3) is 0 Å². The van der Waals surface area contributed by atoms with E-state index >= 15 is 0 Å². The van der Waals surface area contributed by atoms with Crippen molar-refractivity contribution >= 4 is 28.5 Å². The van der Waals surface area contributed by atoms with Crippen molar-refractivity contribution in [2.45, 2.75) is 34.6 Å². The Kier molecular flexibility index (Phi) is 8.21. The van der Waals surface area contributed by atoms with Gasteiger partial charge in [0.1, 0.15) is 11.3 Å². The summed E-state index contributed by atoms with van der Waals surface area (Å²) < 4.78 is 0. The zero-order valence-corrected chi connectivity index (χ0v) is 18.9. The quantitative estimate of drug-likeness (QED) is 0.527. The second-order valence-electron chi connectivity index (χ2n) is 7.02. The van der Waals surface area contributed by atoms with Crippen LogP contribution in [0.25, 0.3) is 22.2 Å². The molecule has 1 heterocycles. The molecule has 0 amide bonds. The van der Waals surface area contributed by atoms with Gasteiger partial charge >= 0.3 is 5.97 Å².